The summed E-state index contributed by atoms with van der Waals surface area (Å²) >= 11 is 1.59. The lowest BCUT2D eigenvalue weighted by atomic mass is 9.95. The topological polar surface area (TPSA) is 49.3 Å². The van der Waals surface area contributed by atoms with Gasteiger partial charge in [-0.15, -0.1) is 0 Å². The first kappa shape index (κ1) is 16.2. The molecule has 0 fully saturated rings. The first-order valence-electron chi connectivity index (χ1n) is 6.84. The van der Waals surface area contributed by atoms with Crippen LogP contribution in [0.5, 0.6) is 0 Å². The second-order valence-electron chi connectivity index (χ2n) is 5.93. The maximum atomic E-state index is 12.0. The summed E-state index contributed by atoms with van der Waals surface area (Å²) in [6.07, 6.45) is 1.67. The second kappa shape index (κ2) is 7.06. The van der Waals surface area contributed by atoms with Crippen LogP contribution in [0.2, 0.25) is 0 Å². The fourth-order valence-corrected chi connectivity index (χ4v) is 2.55. The van der Waals surface area contributed by atoms with Crippen LogP contribution in [0, 0.1) is 5.92 Å². The molecular formula is C15H25NO2S. The van der Waals surface area contributed by atoms with E-state index in [0.717, 1.165) is 12.0 Å². The third-order valence-corrected chi connectivity index (χ3v) is 4.04. The molecule has 1 rings (SSSR count). The molecule has 0 spiro atoms. The van der Waals surface area contributed by atoms with Crippen molar-refractivity contribution >= 4 is 17.2 Å². The molecule has 0 bridgehead atoms. The molecule has 0 aromatic carbocycles. The van der Waals surface area contributed by atoms with Crippen LogP contribution in [0.15, 0.2) is 16.8 Å². The molecule has 2 atom stereocenters. The predicted octanol–water partition coefficient (Wildman–Crippen LogP) is 3.16. The van der Waals surface area contributed by atoms with Gasteiger partial charge in [-0.2, -0.15) is 11.3 Å². The fraction of sp³-hybridized carbons (Fsp3) is 0.667. The zero-order valence-electron chi connectivity index (χ0n) is 12.3. The van der Waals surface area contributed by atoms with Gasteiger partial charge in [0.2, 0.25) is 5.91 Å². The Hall–Kier alpha value is -0.870. The number of amides is 1. The van der Waals surface area contributed by atoms with E-state index >= 15 is 0 Å². The van der Waals surface area contributed by atoms with Gasteiger partial charge in [0.1, 0.15) is 0 Å². The number of hydrogen-bond donors (Lipinski definition) is 2. The maximum absolute atomic E-state index is 12.0. The Morgan fingerprint density at radius 1 is 1.47 bits per heavy atom. The molecule has 1 aromatic rings. The monoisotopic (exact) mass is 283 g/mol. The number of hydrogen-bond acceptors (Lipinski definition) is 3. The molecule has 1 amide bonds. The highest BCUT2D eigenvalue weighted by Crippen LogP contribution is 2.19. The zero-order chi connectivity index (χ0) is 14.5. The minimum Gasteiger partial charge on any atom is -0.388 e. The quantitative estimate of drug-likeness (QED) is 0.807. The van der Waals surface area contributed by atoms with Crippen molar-refractivity contribution in [2.75, 3.05) is 6.54 Å². The lowest BCUT2D eigenvalue weighted by Crippen LogP contribution is -2.42. The molecule has 4 heteroatoms. The highest BCUT2D eigenvalue weighted by molar-refractivity contribution is 7.08. The largest absolute Gasteiger partial charge is 0.388 e. The molecule has 0 aliphatic rings. The molecule has 0 saturated heterocycles. The van der Waals surface area contributed by atoms with E-state index in [1.54, 1.807) is 18.3 Å². The number of nitrogens with one attached hydrogen (secondary N) is 1. The Morgan fingerprint density at radius 3 is 2.68 bits per heavy atom. The van der Waals surface area contributed by atoms with Gasteiger partial charge in [0.25, 0.3) is 0 Å². The van der Waals surface area contributed by atoms with Crippen molar-refractivity contribution in [1.29, 1.82) is 0 Å². The fourth-order valence-electron chi connectivity index (χ4n) is 1.79. The molecule has 2 unspecified atom stereocenters. The molecule has 3 nitrogen and oxygen atoms in total. The first-order chi connectivity index (χ1) is 8.82. The molecule has 0 aliphatic heterocycles. The van der Waals surface area contributed by atoms with E-state index in [9.17, 15) is 9.90 Å². The molecular weight excluding hydrogens is 258 g/mol. The Balaban J connectivity index is 2.41. The highest BCUT2D eigenvalue weighted by atomic mass is 32.1. The molecule has 19 heavy (non-hydrogen) atoms. The summed E-state index contributed by atoms with van der Waals surface area (Å²) in [5.41, 5.74) is 0.207. The Morgan fingerprint density at radius 2 is 2.16 bits per heavy atom. The van der Waals surface area contributed by atoms with Gasteiger partial charge in [0.05, 0.1) is 11.5 Å². The van der Waals surface area contributed by atoms with E-state index in [2.05, 4.69) is 19.2 Å². The lowest BCUT2D eigenvalue weighted by molar-refractivity contribution is -0.123. The Kier molecular flexibility index (Phi) is 6.01. The van der Waals surface area contributed by atoms with Crippen molar-refractivity contribution in [3.05, 3.63) is 22.4 Å². The van der Waals surface area contributed by atoms with E-state index in [1.165, 1.54) is 0 Å². The maximum Gasteiger partial charge on any atom is 0.227 e. The van der Waals surface area contributed by atoms with Crippen LogP contribution >= 0.6 is 11.3 Å². The summed E-state index contributed by atoms with van der Waals surface area (Å²) in [6.45, 7) is 8.25. The first-order valence-corrected chi connectivity index (χ1v) is 7.78. The third kappa shape index (κ3) is 5.74. The number of thiophene rings is 1. The van der Waals surface area contributed by atoms with E-state index in [0.29, 0.717) is 18.9 Å². The molecule has 108 valence electrons. The average molecular weight is 283 g/mol. The van der Waals surface area contributed by atoms with Crippen LogP contribution < -0.4 is 5.32 Å². The predicted molar refractivity (Wildman–Crippen MR) is 80.4 cm³/mol. The molecule has 1 aromatic heterocycles. The van der Waals surface area contributed by atoms with Crippen LogP contribution in [0.4, 0.5) is 0 Å². The summed E-state index contributed by atoms with van der Waals surface area (Å²) in [7, 11) is 0. The zero-order valence-corrected chi connectivity index (χ0v) is 13.1. The number of carbonyl (C=O) groups excluding carboxylic acids is 1. The molecule has 2 N–H and O–H groups in total. The van der Waals surface area contributed by atoms with Crippen molar-refractivity contribution in [3.63, 3.8) is 0 Å². The SMILES string of the molecule is CC(C)CCC(C)(O)CNC(=O)C(C)c1ccsc1. The van der Waals surface area contributed by atoms with E-state index < -0.39 is 5.60 Å². The van der Waals surface area contributed by atoms with Gasteiger partial charge in [0, 0.05) is 6.54 Å². The minimum atomic E-state index is -0.825. The third-order valence-electron chi connectivity index (χ3n) is 3.34. The van der Waals surface area contributed by atoms with Crippen molar-refractivity contribution in [2.24, 2.45) is 5.92 Å². The smallest absolute Gasteiger partial charge is 0.227 e. The van der Waals surface area contributed by atoms with E-state index in [-0.39, 0.29) is 11.8 Å². The van der Waals surface area contributed by atoms with Gasteiger partial charge in [-0.1, -0.05) is 13.8 Å². The van der Waals surface area contributed by atoms with E-state index in [1.807, 2.05) is 23.8 Å². The van der Waals surface area contributed by atoms with Gasteiger partial charge in [0.15, 0.2) is 0 Å². The summed E-state index contributed by atoms with van der Waals surface area (Å²) in [5.74, 6) is 0.377. The van der Waals surface area contributed by atoms with Crippen molar-refractivity contribution in [2.45, 2.75) is 52.1 Å². The summed E-state index contributed by atoms with van der Waals surface area (Å²) in [4.78, 5) is 12.0. The summed E-state index contributed by atoms with van der Waals surface area (Å²) in [5, 5.41) is 17.0. The van der Waals surface area contributed by atoms with Gasteiger partial charge < -0.3 is 10.4 Å². The van der Waals surface area contributed by atoms with Gasteiger partial charge >= 0.3 is 0 Å². The van der Waals surface area contributed by atoms with Crippen molar-refractivity contribution in [3.8, 4) is 0 Å². The standard InChI is InChI=1S/C15H25NO2S/c1-11(2)5-7-15(4,18)10-16-14(17)12(3)13-6-8-19-9-13/h6,8-9,11-12,18H,5,7,10H2,1-4H3,(H,16,17). The van der Waals surface area contributed by atoms with Crippen LogP contribution in [0.25, 0.3) is 0 Å². The molecule has 0 aliphatic carbocycles. The van der Waals surface area contributed by atoms with Crippen LogP contribution in [-0.4, -0.2) is 23.2 Å². The Bertz CT molecular complexity index is 385. The van der Waals surface area contributed by atoms with Gasteiger partial charge in [-0.3, -0.25) is 4.79 Å². The summed E-state index contributed by atoms with van der Waals surface area (Å²) < 4.78 is 0. The number of rotatable bonds is 7. The molecule has 0 saturated carbocycles. The lowest BCUT2D eigenvalue weighted by Gasteiger charge is -2.25. The van der Waals surface area contributed by atoms with Crippen LogP contribution in [-0.2, 0) is 4.79 Å². The van der Waals surface area contributed by atoms with Crippen LogP contribution in [0.3, 0.4) is 0 Å². The minimum absolute atomic E-state index is 0.0248. The average Bonchev–Trinajstić information content (AvgIpc) is 2.86. The second-order valence-corrected chi connectivity index (χ2v) is 6.71. The highest BCUT2D eigenvalue weighted by Gasteiger charge is 2.23. The van der Waals surface area contributed by atoms with Gasteiger partial charge in [-0.05, 0) is 55.0 Å². The number of aliphatic hydroxyl groups is 1. The van der Waals surface area contributed by atoms with E-state index in [4.69, 9.17) is 0 Å². The molecule has 0 radical (unpaired) electrons. The number of carbonyl (C=O) groups is 1. The van der Waals surface area contributed by atoms with Crippen molar-refractivity contribution in [1.82, 2.24) is 5.32 Å². The molecule has 1 heterocycles. The van der Waals surface area contributed by atoms with Crippen molar-refractivity contribution < 1.29 is 9.90 Å². The van der Waals surface area contributed by atoms with Gasteiger partial charge in [-0.25, -0.2) is 0 Å². The van der Waals surface area contributed by atoms with Crippen LogP contribution in [0.1, 0.15) is 52.0 Å². The Labute approximate surface area is 120 Å². The normalized spacial score (nSPS) is 16.1. The summed E-state index contributed by atoms with van der Waals surface area (Å²) in [6, 6.07) is 1.96.